The van der Waals surface area contributed by atoms with Gasteiger partial charge >= 0.3 is 5.97 Å². The molecule has 0 aromatic heterocycles. The Bertz CT molecular complexity index is 1410. The molecule has 0 aromatic carbocycles. The van der Waals surface area contributed by atoms with Crippen molar-refractivity contribution in [3.05, 3.63) is 48.6 Å². The maximum atomic E-state index is 13.5. The lowest BCUT2D eigenvalue weighted by Gasteiger charge is -2.30. The van der Waals surface area contributed by atoms with Crippen molar-refractivity contribution in [2.24, 2.45) is 0 Å². The standard InChI is InChI=1S/C64H121N2O7P/c1-7-10-13-16-19-22-25-28-30-31-32-33-34-35-37-38-41-44-47-50-53-56-63(67)65-61(60-72-74(69,70)71-59-58-66(4,5)6)62(55-52-49-46-43-40-27-24-21-18-15-12-9-3)73-64(68)57-54-51-48-45-42-39-36-29-26-23-20-17-14-11-8-2/h11,14,17,20,23,26,52,55,61-62H,7-10,12-13,15-16,18-19,21-22,24-25,27-51,53-54,56-60H2,1-6H3,(H-,65,67,69,70)/b14-11+,20-17+,26-23+,55-52+. The Balaban J connectivity index is 5.18. The van der Waals surface area contributed by atoms with Gasteiger partial charge in [-0.25, -0.2) is 0 Å². The number of unbranched alkanes of at least 4 members (excludes halogenated alkanes) is 37. The number of esters is 1. The second kappa shape index (κ2) is 54.3. The van der Waals surface area contributed by atoms with E-state index in [1.807, 2.05) is 33.3 Å². The van der Waals surface area contributed by atoms with Gasteiger partial charge in [0.2, 0.25) is 5.91 Å². The number of nitrogens with one attached hydrogen (secondary N) is 1. The molecule has 0 spiro atoms. The van der Waals surface area contributed by atoms with Gasteiger partial charge < -0.3 is 28.5 Å². The minimum absolute atomic E-state index is 0.0233. The third-order valence-electron chi connectivity index (χ3n) is 14.1. The van der Waals surface area contributed by atoms with Crippen molar-refractivity contribution >= 4 is 19.7 Å². The van der Waals surface area contributed by atoms with E-state index in [1.54, 1.807) is 0 Å². The van der Waals surface area contributed by atoms with Crippen LogP contribution in [0.5, 0.6) is 0 Å². The van der Waals surface area contributed by atoms with Crippen LogP contribution in [0.4, 0.5) is 0 Å². The van der Waals surface area contributed by atoms with Crippen molar-refractivity contribution in [1.29, 1.82) is 0 Å². The lowest BCUT2D eigenvalue weighted by Crippen LogP contribution is -2.47. The van der Waals surface area contributed by atoms with Crippen molar-refractivity contribution < 1.29 is 37.3 Å². The van der Waals surface area contributed by atoms with Gasteiger partial charge in [-0.2, -0.15) is 0 Å². The van der Waals surface area contributed by atoms with E-state index < -0.39 is 20.0 Å². The highest BCUT2D eigenvalue weighted by Gasteiger charge is 2.27. The lowest BCUT2D eigenvalue weighted by molar-refractivity contribution is -0.870. The maximum Gasteiger partial charge on any atom is 0.306 e. The van der Waals surface area contributed by atoms with Crippen molar-refractivity contribution in [2.75, 3.05) is 40.9 Å². The Morgan fingerprint density at radius 1 is 0.486 bits per heavy atom. The first-order valence-electron chi connectivity index (χ1n) is 31.5. The van der Waals surface area contributed by atoms with Crippen molar-refractivity contribution in [2.45, 2.75) is 309 Å². The molecule has 9 nitrogen and oxygen atoms in total. The minimum Gasteiger partial charge on any atom is -0.756 e. The van der Waals surface area contributed by atoms with Gasteiger partial charge in [-0.15, -0.1) is 0 Å². The molecule has 0 rings (SSSR count). The summed E-state index contributed by atoms with van der Waals surface area (Å²) in [6.45, 7) is 6.74. The molecule has 3 atom stereocenters. The van der Waals surface area contributed by atoms with E-state index in [9.17, 15) is 19.0 Å². The van der Waals surface area contributed by atoms with Gasteiger partial charge in [0.1, 0.15) is 19.3 Å². The van der Waals surface area contributed by atoms with Gasteiger partial charge in [-0.1, -0.05) is 282 Å². The quantitative estimate of drug-likeness (QED) is 0.0161. The Morgan fingerprint density at radius 2 is 0.865 bits per heavy atom. The number of carbonyl (C=O) groups excluding carboxylic acids is 2. The van der Waals surface area contributed by atoms with E-state index in [0.717, 1.165) is 77.0 Å². The van der Waals surface area contributed by atoms with Crippen LogP contribution < -0.4 is 10.2 Å². The number of hydrogen-bond donors (Lipinski definition) is 1. The van der Waals surface area contributed by atoms with Crippen LogP contribution in [-0.2, 0) is 27.9 Å². The Hall–Kier alpha value is -2.03. The monoisotopic (exact) mass is 1060 g/mol. The first-order chi connectivity index (χ1) is 35.9. The Labute approximate surface area is 458 Å². The Morgan fingerprint density at radius 3 is 1.28 bits per heavy atom. The van der Waals surface area contributed by atoms with Crippen molar-refractivity contribution in [3.63, 3.8) is 0 Å². The minimum atomic E-state index is -4.70. The number of carbonyl (C=O) groups is 2. The second-order valence-corrected chi connectivity index (χ2v) is 24.0. The van der Waals surface area contributed by atoms with Gasteiger partial charge in [0.05, 0.1) is 33.8 Å². The van der Waals surface area contributed by atoms with Gasteiger partial charge in [0.25, 0.3) is 7.82 Å². The number of amides is 1. The number of allylic oxidation sites excluding steroid dienone is 7. The molecule has 1 amide bonds. The molecule has 0 aliphatic heterocycles. The highest BCUT2D eigenvalue weighted by Crippen LogP contribution is 2.38. The lowest BCUT2D eigenvalue weighted by atomic mass is 10.0. The average Bonchev–Trinajstić information content (AvgIpc) is 3.36. The van der Waals surface area contributed by atoms with E-state index in [0.29, 0.717) is 17.4 Å². The third kappa shape index (κ3) is 54.7. The highest BCUT2D eigenvalue weighted by atomic mass is 31.2. The van der Waals surface area contributed by atoms with Gasteiger partial charge in [-0.05, 0) is 51.0 Å². The number of nitrogens with zero attached hydrogens (tertiary/aromatic N) is 1. The zero-order valence-electron chi connectivity index (χ0n) is 49.6. The summed E-state index contributed by atoms with van der Waals surface area (Å²) in [4.78, 5) is 40.0. The molecule has 74 heavy (non-hydrogen) atoms. The SMILES string of the molecule is CC/C=C/C=C/C=C/CCCCCCCCCC(=O)OC(/C=C/CCCCCCCCCCCC)C(COP(=O)([O-])OCC[N+](C)(C)C)NC(=O)CCCCCCCCCCCCCCCCCCCCCCC. The van der Waals surface area contributed by atoms with Gasteiger partial charge in [0.15, 0.2) is 0 Å². The number of hydrogen-bond acceptors (Lipinski definition) is 7. The normalized spacial score (nSPS) is 14.0. The molecule has 434 valence electrons. The molecule has 0 saturated carbocycles. The predicted molar refractivity (Wildman–Crippen MR) is 316 cm³/mol. The summed E-state index contributed by atoms with van der Waals surface area (Å²) >= 11 is 0. The van der Waals surface area contributed by atoms with Crippen molar-refractivity contribution in [1.82, 2.24) is 5.32 Å². The van der Waals surface area contributed by atoms with Crippen LogP contribution in [0.1, 0.15) is 297 Å². The number of ether oxygens (including phenoxy) is 1. The van der Waals surface area contributed by atoms with Crippen LogP contribution in [0.15, 0.2) is 48.6 Å². The summed E-state index contributed by atoms with van der Waals surface area (Å²) in [6.07, 6.45) is 66.5. The number of likely N-dealkylation sites (N-methyl/N-ethyl adjacent to an activating group) is 1. The van der Waals surface area contributed by atoms with Crippen LogP contribution in [0, 0.1) is 0 Å². The highest BCUT2D eigenvalue weighted by molar-refractivity contribution is 7.45. The number of quaternary nitrogens is 1. The number of phosphoric acid groups is 1. The molecular weight excluding hydrogens is 940 g/mol. The molecule has 1 N–H and O–H groups in total. The smallest absolute Gasteiger partial charge is 0.306 e. The van der Waals surface area contributed by atoms with E-state index in [2.05, 4.69) is 62.5 Å². The summed E-state index contributed by atoms with van der Waals surface area (Å²) in [5, 5.41) is 3.03. The molecule has 0 fully saturated rings. The largest absolute Gasteiger partial charge is 0.756 e. The molecule has 0 aliphatic carbocycles. The van der Waals surface area contributed by atoms with Crippen LogP contribution in [0.2, 0.25) is 0 Å². The molecule has 10 heteroatoms. The van der Waals surface area contributed by atoms with Gasteiger partial charge in [-0.3, -0.25) is 14.2 Å². The van der Waals surface area contributed by atoms with E-state index in [1.165, 1.54) is 186 Å². The molecule has 0 bridgehead atoms. The van der Waals surface area contributed by atoms with Crippen LogP contribution in [-0.4, -0.2) is 69.4 Å². The van der Waals surface area contributed by atoms with Crippen LogP contribution >= 0.6 is 7.82 Å². The molecule has 0 aromatic rings. The fourth-order valence-corrected chi connectivity index (χ4v) is 9.95. The van der Waals surface area contributed by atoms with Crippen molar-refractivity contribution in [3.8, 4) is 0 Å². The first-order valence-corrected chi connectivity index (χ1v) is 32.9. The zero-order chi connectivity index (χ0) is 54.3. The molecule has 0 radical (unpaired) electrons. The molecular formula is C64H121N2O7P. The van der Waals surface area contributed by atoms with E-state index in [-0.39, 0.29) is 31.5 Å². The number of rotatable bonds is 57. The van der Waals surface area contributed by atoms with E-state index in [4.69, 9.17) is 13.8 Å². The van der Waals surface area contributed by atoms with Crippen LogP contribution in [0.3, 0.4) is 0 Å². The summed E-state index contributed by atoms with van der Waals surface area (Å²) in [5.41, 5.74) is 0. The zero-order valence-corrected chi connectivity index (χ0v) is 50.4. The average molecular weight is 1060 g/mol. The van der Waals surface area contributed by atoms with Gasteiger partial charge in [0, 0.05) is 12.8 Å². The maximum absolute atomic E-state index is 13.5. The molecule has 3 unspecified atom stereocenters. The fourth-order valence-electron chi connectivity index (χ4n) is 9.23. The first kappa shape index (κ1) is 72.0. The summed E-state index contributed by atoms with van der Waals surface area (Å²) < 4.78 is 30.3. The topological polar surface area (TPSA) is 114 Å². The molecule has 0 aliphatic rings. The third-order valence-corrected chi connectivity index (χ3v) is 15.0. The number of phosphoric ester groups is 1. The fraction of sp³-hybridized carbons (Fsp3) is 0.844. The molecule has 0 saturated heterocycles. The Kier molecular flexibility index (Phi) is 52.8. The summed E-state index contributed by atoms with van der Waals surface area (Å²) in [5.74, 6) is -0.544. The predicted octanol–water partition coefficient (Wildman–Crippen LogP) is 18.6. The van der Waals surface area contributed by atoms with Crippen LogP contribution in [0.25, 0.3) is 0 Å². The summed E-state index contributed by atoms with van der Waals surface area (Å²) in [7, 11) is 1.19. The molecule has 0 heterocycles. The van der Waals surface area contributed by atoms with E-state index >= 15 is 0 Å². The second-order valence-electron chi connectivity index (χ2n) is 22.6. The summed E-state index contributed by atoms with van der Waals surface area (Å²) in [6, 6.07) is -0.890.